The normalized spacial score (nSPS) is 19.8. The summed E-state index contributed by atoms with van der Waals surface area (Å²) >= 11 is 0. The summed E-state index contributed by atoms with van der Waals surface area (Å²) in [6, 6.07) is 0. The molecule has 5 heteroatoms. The third-order valence-corrected chi connectivity index (χ3v) is 1.69. The largest absolute Gasteiger partial charge is 0.462 e. The van der Waals surface area contributed by atoms with Crippen molar-refractivity contribution in [3.63, 3.8) is 0 Å². The van der Waals surface area contributed by atoms with Gasteiger partial charge < -0.3 is 14.2 Å². The number of ether oxygens (including phenoxy) is 3. The summed E-state index contributed by atoms with van der Waals surface area (Å²) in [5.41, 5.74) is 0.835. The van der Waals surface area contributed by atoms with Gasteiger partial charge in [-0.25, -0.2) is 4.79 Å². The minimum Gasteiger partial charge on any atom is -0.462 e. The highest BCUT2D eigenvalue weighted by Gasteiger charge is 2.26. The summed E-state index contributed by atoms with van der Waals surface area (Å²) in [5, 5.41) is 0. The molecule has 0 aromatic rings. The Morgan fingerprint density at radius 1 is 1.60 bits per heavy atom. The molecule has 1 fully saturated rings. The zero-order valence-electron chi connectivity index (χ0n) is 8.65. The van der Waals surface area contributed by atoms with Gasteiger partial charge >= 0.3 is 11.9 Å². The highest BCUT2D eigenvalue weighted by Crippen LogP contribution is 2.09. The van der Waals surface area contributed by atoms with Crippen LogP contribution in [0.4, 0.5) is 0 Å². The summed E-state index contributed by atoms with van der Waals surface area (Å²) < 4.78 is 14.6. The molecule has 1 unspecified atom stereocenters. The number of hydrogen-bond donors (Lipinski definition) is 0. The Bertz CT molecular complexity index is 271. The smallest absolute Gasteiger partial charge is 0.332 e. The zero-order chi connectivity index (χ0) is 11.3. The van der Waals surface area contributed by atoms with Gasteiger partial charge in [-0.2, -0.15) is 0 Å². The lowest BCUT2D eigenvalue weighted by atomic mass is 10.3. The van der Waals surface area contributed by atoms with Crippen molar-refractivity contribution in [1.82, 2.24) is 0 Å². The molecule has 1 aliphatic heterocycles. The van der Waals surface area contributed by atoms with Gasteiger partial charge in [-0.3, -0.25) is 4.79 Å². The Morgan fingerprint density at radius 3 is 2.87 bits per heavy atom. The van der Waals surface area contributed by atoms with Crippen molar-refractivity contribution in [1.29, 1.82) is 0 Å². The molecule has 15 heavy (non-hydrogen) atoms. The summed E-state index contributed by atoms with van der Waals surface area (Å²) in [5.74, 6) is -0.824. The van der Waals surface area contributed by atoms with E-state index in [4.69, 9.17) is 9.47 Å². The minimum atomic E-state index is -0.487. The lowest BCUT2D eigenvalue weighted by Crippen LogP contribution is -2.22. The Morgan fingerprint density at radius 2 is 2.33 bits per heavy atom. The van der Waals surface area contributed by atoms with Gasteiger partial charge in [-0.05, 0) is 6.92 Å². The van der Waals surface area contributed by atoms with E-state index in [1.54, 1.807) is 6.92 Å². The molecule has 1 heterocycles. The van der Waals surface area contributed by atoms with Crippen LogP contribution in [0.25, 0.3) is 0 Å². The topological polar surface area (TPSA) is 61.8 Å². The van der Waals surface area contributed by atoms with E-state index in [2.05, 4.69) is 11.3 Å². The molecule has 5 nitrogen and oxygen atoms in total. The van der Waals surface area contributed by atoms with E-state index in [9.17, 15) is 9.59 Å². The molecule has 0 N–H and O–H groups in total. The van der Waals surface area contributed by atoms with Gasteiger partial charge in [-0.1, -0.05) is 12.2 Å². The first-order valence-electron chi connectivity index (χ1n) is 4.65. The molecule has 0 saturated carbocycles. The van der Waals surface area contributed by atoms with Crippen LogP contribution >= 0.6 is 0 Å². The molecule has 0 bridgehead atoms. The SMILES string of the molecule is C=C(C)COCC(=O)OC1COC(=O)C1. The highest BCUT2D eigenvalue weighted by atomic mass is 16.6. The van der Waals surface area contributed by atoms with Crippen molar-refractivity contribution in [2.24, 2.45) is 0 Å². The van der Waals surface area contributed by atoms with Gasteiger partial charge in [0.05, 0.1) is 13.0 Å². The molecule has 1 saturated heterocycles. The number of cyclic esters (lactones) is 1. The molecule has 1 rings (SSSR count). The Labute approximate surface area is 88.0 Å². The molecule has 1 aliphatic rings. The molecule has 0 spiro atoms. The van der Waals surface area contributed by atoms with E-state index in [-0.39, 0.29) is 25.6 Å². The van der Waals surface area contributed by atoms with Crippen molar-refractivity contribution in [3.05, 3.63) is 12.2 Å². The number of esters is 2. The standard InChI is InChI=1S/C10H14O5/c1-7(2)4-13-6-10(12)15-8-3-9(11)14-5-8/h8H,1,3-6H2,2H3. The highest BCUT2D eigenvalue weighted by molar-refractivity contribution is 5.74. The van der Waals surface area contributed by atoms with E-state index in [0.29, 0.717) is 6.61 Å². The van der Waals surface area contributed by atoms with Crippen molar-refractivity contribution in [2.45, 2.75) is 19.4 Å². The van der Waals surface area contributed by atoms with Crippen LogP contribution in [0.5, 0.6) is 0 Å². The maximum Gasteiger partial charge on any atom is 0.332 e. The molecule has 0 radical (unpaired) electrons. The average Bonchev–Trinajstić information content (AvgIpc) is 2.50. The summed E-state index contributed by atoms with van der Waals surface area (Å²) in [4.78, 5) is 21.8. The monoisotopic (exact) mass is 214 g/mol. The van der Waals surface area contributed by atoms with Crippen molar-refractivity contribution in [2.75, 3.05) is 19.8 Å². The van der Waals surface area contributed by atoms with Crippen LogP contribution in [-0.4, -0.2) is 37.9 Å². The second kappa shape index (κ2) is 5.50. The maximum atomic E-state index is 11.1. The zero-order valence-corrected chi connectivity index (χ0v) is 8.65. The predicted octanol–water partition coefficient (Wildman–Crippen LogP) is 0.438. The van der Waals surface area contributed by atoms with Crippen LogP contribution in [0.3, 0.4) is 0 Å². The van der Waals surface area contributed by atoms with Crippen LogP contribution < -0.4 is 0 Å². The number of carbonyl (C=O) groups excluding carboxylic acids is 2. The Balaban J connectivity index is 2.13. The van der Waals surface area contributed by atoms with E-state index in [1.165, 1.54) is 0 Å². The first-order chi connectivity index (χ1) is 7.08. The van der Waals surface area contributed by atoms with E-state index < -0.39 is 12.1 Å². The minimum absolute atomic E-state index is 0.127. The third kappa shape index (κ3) is 4.60. The van der Waals surface area contributed by atoms with Gasteiger partial charge in [0.1, 0.15) is 19.3 Å². The van der Waals surface area contributed by atoms with Crippen molar-refractivity contribution >= 4 is 11.9 Å². The Hall–Kier alpha value is -1.36. The fraction of sp³-hybridized carbons (Fsp3) is 0.600. The third-order valence-electron chi connectivity index (χ3n) is 1.69. The van der Waals surface area contributed by atoms with Crippen molar-refractivity contribution < 1.29 is 23.8 Å². The molecule has 0 amide bonds. The van der Waals surface area contributed by atoms with Gasteiger partial charge in [0.2, 0.25) is 0 Å². The maximum absolute atomic E-state index is 11.1. The van der Waals surface area contributed by atoms with Crippen LogP contribution in [0.15, 0.2) is 12.2 Å². The quantitative estimate of drug-likeness (QED) is 0.491. The average molecular weight is 214 g/mol. The molecule has 1 atom stereocenters. The number of rotatable bonds is 5. The van der Waals surface area contributed by atoms with E-state index in [0.717, 1.165) is 5.57 Å². The lowest BCUT2D eigenvalue weighted by Gasteiger charge is -2.08. The van der Waals surface area contributed by atoms with Crippen LogP contribution in [0.1, 0.15) is 13.3 Å². The first kappa shape index (κ1) is 11.7. The molecular formula is C10H14O5. The van der Waals surface area contributed by atoms with Gasteiger partial charge in [0.25, 0.3) is 0 Å². The second-order valence-electron chi connectivity index (χ2n) is 3.45. The van der Waals surface area contributed by atoms with E-state index in [1.807, 2.05) is 0 Å². The predicted molar refractivity (Wildman–Crippen MR) is 51.1 cm³/mol. The van der Waals surface area contributed by atoms with Gasteiger partial charge in [0.15, 0.2) is 0 Å². The van der Waals surface area contributed by atoms with Gasteiger partial charge in [-0.15, -0.1) is 0 Å². The lowest BCUT2D eigenvalue weighted by molar-refractivity contribution is -0.154. The fourth-order valence-corrected chi connectivity index (χ4v) is 1.09. The molecule has 84 valence electrons. The summed E-state index contributed by atoms with van der Waals surface area (Å²) in [7, 11) is 0. The summed E-state index contributed by atoms with van der Waals surface area (Å²) in [6.07, 6.45) is -0.329. The Kier molecular flexibility index (Phi) is 4.30. The number of carbonyl (C=O) groups is 2. The summed E-state index contributed by atoms with van der Waals surface area (Å²) in [6.45, 7) is 5.77. The van der Waals surface area contributed by atoms with Crippen LogP contribution in [0, 0.1) is 0 Å². The first-order valence-corrected chi connectivity index (χ1v) is 4.65. The molecule has 0 aromatic carbocycles. The molecule has 0 aliphatic carbocycles. The fourth-order valence-electron chi connectivity index (χ4n) is 1.09. The van der Waals surface area contributed by atoms with E-state index >= 15 is 0 Å². The van der Waals surface area contributed by atoms with Crippen LogP contribution in [0.2, 0.25) is 0 Å². The second-order valence-corrected chi connectivity index (χ2v) is 3.45. The number of hydrogen-bond acceptors (Lipinski definition) is 5. The molecule has 0 aromatic heterocycles. The van der Waals surface area contributed by atoms with Crippen molar-refractivity contribution in [3.8, 4) is 0 Å². The van der Waals surface area contributed by atoms with Gasteiger partial charge in [0, 0.05) is 0 Å². The van der Waals surface area contributed by atoms with Crippen LogP contribution in [-0.2, 0) is 23.8 Å². The molecular weight excluding hydrogens is 200 g/mol.